The van der Waals surface area contributed by atoms with Gasteiger partial charge >= 0.3 is 6.09 Å². The monoisotopic (exact) mass is 373 g/mol. The molecule has 0 unspecified atom stereocenters. The third kappa shape index (κ3) is 5.40. The summed E-state index contributed by atoms with van der Waals surface area (Å²) >= 11 is 0. The molecule has 0 bridgehead atoms. The summed E-state index contributed by atoms with van der Waals surface area (Å²) in [5.74, 6) is 0. The van der Waals surface area contributed by atoms with E-state index >= 15 is 0 Å². The summed E-state index contributed by atoms with van der Waals surface area (Å²) in [7, 11) is -4.05. The number of ether oxygens (including phenoxy) is 1. The molecule has 0 aromatic heterocycles. The molecule has 1 saturated heterocycles. The van der Waals surface area contributed by atoms with Crippen LogP contribution in [0.4, 0.5) is 9.18 Å². The smallest absolute Gasteiger partial charge is 0.410 e. The van der Waals surface area contributed by atoms with Gasteiger partial charge in [-0.1, -0.05) is 17.7 Å². The van der Waals surface area contributed by atoms with Gasteiger partial charge in [0.15, 0.2) is 0 Å². The van der Waals surface area contributed by atoms with Crippen LogP contribution in [0.25, 0.3) is 0 Å². The molecular formula is C17H24FNO5S. The number of hydrogen-bond donors (Lipinski definition) is 0. The summed E-state index contributed by atoms with van der Waals surface area (Å²) in [6.07, 6.45) is -3.27. The number of carbonyl (C=O) groups excluding carboxylic acids is 1. The number of halogens is 1. The number of amides is 1. The number of carbonyl (C=O) groups is 1. The van der Waals surface area contributed by atoms with Crippen molar-refractivity contribution in [3.05, 3.63) is 29.8 Å². The molecule has 1 aliphatic heterocycles. The molecule has 8 heteroatoms. The summed E-state index contributed by atoms with van der Waals surface area (Å²) in [6.45, 7) is 6.92. The number of piperidine rings is 1. The van der Waals surface area contributed by atoms with Crippen molar-refractivity contribution in [2.24, 2.45) is 0 Å². The van der Waals surface area contributed by atoms with E-state index in [1.807, 2.05) is 6.92 Å². The topological polar surface area (TPSA) is 72.9 Å². The average molecular weight is 373 g/mol. The first-order valence-corrected chi connectivity index (χ1v) is 9.51. The van der Waals surface area contributed by atoms with Crippen LogP contribution in [0.5, 0.6) is 0 Å². The molecule has 1 heterocycles. The van der Waals surface area contributed by atoms with Crippen LogP contribution in [-0.4, -0.2) is 50.4 Å². The van der Waals surface area contributed by atoms with Crippen molar-refractivity contribution >= 4 is 16.2 Å². The predicted molar refractivity (Wildman–Crippen MR) is 90.6 cm³/mol. The lowest BCUT2D eigenvalue weighted by Gasteiger charge is -2.35. The Kier molecular flexibility index (Phi) is 5.73. The van der Waals surface area contributed by atoms with Gasteiger partial charge in [0.1, 0.15) is 17.9 Å². The molecule has 0 N–H and O–H groups in total. The minimum absolute atomic E-state index is 0.0140. The number of likely N-dealkylation sites (tertiary alicyclic amines) is 1. The van der Waals surface area contributed by atoms with E-state index in [0.29, 0.717) is 0 Å². The molecular weight excluding hydrogens is 349 g/mol. The van der Waals surface area contributed by atoms with E-state index in [1.54, 1.807) is 32.9 Å². The van der Waals surface area contributed by atoms with Crippen molar-refractivity contribution in [1.82, 2.24) is 4.90 Å². The largest absolute Gasteiger partial charge is 0.444 e. The number of hydrogen-bond acceptors (Lipinski definition) is 5. The fourth-order valence-electron chi connectivity index (χ4n) is 2.41. The van der Waals surface area contributed by atoms with E-state index in [4.69, 9.17) is 8.92 Å². The molecule has 0 saturated carbocycles. The van der Waals surface area contributed by atoms with Gasteiger partial charge in [-0.25, -0.2) is 9.18 Å². The zero-order valence-corrected chi connectivity index (χ0v) is 15.7. The first-order chi connectivity index (χ1) is 11.5. The number of benzene rings is 1. The summed E-state index contributed by atoms with van der Waals surface area (Å²) in [4.78, 5) is 13.2. The van der Waals surface area contributed by atoms with Crippen LogP contribution in [0.3, 0.4) is 0 Å². The van der Waals surface area contributed by atoms with Gasteiger partial charge in [-0.15, -0.1) is 0 Å². The Morgan fingerprint density at radius 3 is 2.36 bits per heavy atom. The molecule has 0 spiro atoms. The minimum atomic E-state index is -4.05. The van der Waals surface area contributed by atoms with E-state index in [2.05, 4.69) is 0 Å². The van der Waals surface area contributed by atoms with E-state index in [0.717, 1.165) is 5.56 Å². The zero-order chi connectivity index (χ0) is 18.8. The number of rotatable bonds is 3. The molecule has 140 valence electrons. The average Bonchev–Trinajstić information content (AvgIpc) is 2.48. The number of aryl methyl sites for hydroxylation is 1. The van der Waals surface area contributed by atoms with Crippen LogP contribution in [0.1, 0.15) is 32.8 Å². The molecule has 0 aliphatic carbocycles. The Bertz CT molecular complexity index is 712. The highest BCUT2D eigenvalue weighted by Crippen LogP contribution is 2.24. The molecule has 25 heavy (non-hydrogen) atoms. The standard InChI is InChI=1S/C17H24FNO5S/c1-12-5-7-13(8-6-12)25(21,22)24-15-9-10-19(11-14(15)18)16(20)23-17(2,3)4/h5-8,14-15H,9-11H2,1-4H3/t14-,15+/m0/s1. The molecule has 1 aromatic rings. The summed E-state index contributed by atoms with van der Waals surface area (Å²) in [5, 5.41) is 0. The maximum atomic E-state index is 14.4. The van der Waals surface area contributed by atoms with Gasteiger partial charge in [-0.3, -0.25) is 4.18 Å². The molecule has 6 nitrogen and oxygen atoms in total. The van der Waals surface area contributed by atoms with Gasteiger partial charge in [-0.05, 0) is 46.2 Å². The lowest BCUT2D eigenvalue weighted by atomic mass is 10.1. The molecule has 1 aromatic carbocycles. The van der Waals surface area contributed by atoms with Crippen molar-refractivity contribution in [1.29, 1.82) is 0 Å². The highest BCUT2D eigenvalue weighted by Gasteiger charge is 2.37. The third-order valence-electron chi connectivity index (χ3n) is 3.69. The molecule has 1 aliphatic rings. The first kappa shape index (κ1) is 19.7. The number of alkyl halides is 1. The van der Waals surface area contributed by atoms with Crippen LogP contribution in [-0.2, 0) is 19.0 Å². The normalized spacial score (nSPS) is 21.9. The SMILES string of the molecule is Cc1ccc(S(=O)(=O)O[C@@H]2CCN(C(=O)OC(C)(C)C)C[C@@H]2F)cc1. The summed E-state index contributed by atoms with van der Waals surface area (Å²) in [6, 6.07) is 6.14. The first-order valence-electron chi connectivity index (χ1n) is 8.10. The Balaban J connectivity index is 1.99. The van der Waals surface area contributed by atoms with Gasteiger partial charge < -0.3 is 9.64 Å². The van der Waals surface area contributed by atoms with E-state index < -0.39 is 34.1 Å². The fraction of sp³-hybridized carbons (Fsp3) is 0.588. The molecule has 1 fully saturated rings. The third-order valence-corrected chi connectivity index (χ3v) is 5.04. The molecule has 2 rings (SSSR count). The Morgan fingerprint density at radius 1 is 1.24 bits per heavy atom. The van der Waals surface area contributed by atoms with Crippen molar-refractivity contribution < 1.29 is 26.5 Å². The second kappa shape index (κ2) is 7.29. The van der Waals surface area contributed by atoms with Crippen molar-refractivity contribution in [2.75, 3.05) is 13.1 Å². The van der Waals surface area contributed by atoms with Gasteiger partial charge in [0.05, 0.1) is 11.4 Å². The van der Waals surface area contributed by atoms with Gasteiger partial charge in [0.2, 0.25) is 0 Å². The quantitative estimate of drug-likeness (QED) is 0.762. The van der Waals surface area contributed by atoms with E-state index in [9.17, 15) is 17.6 Å². The fourth-order valence-corrected chi connectivity index (χ4v) is 3.53. The zero-order valence-electron chi connectivity index (χ0n) is 14.9. The predicted octanol–water partition coefficient (Wildman–Crippen LogP) is 3.05. The van der Waals surface area contributed by atoms with Crippen LogP contribution in [0.15, 0.2) is 29.2 Å². The van der Waals surface area contributed by atoms with Crippen LogP contribution in [0.2, 0.25) is 0 Å². The van der Waals surface area contributed by atoms with Crippen LogP contribution < -0.4 is 0 Å². The lowest BCUT2D eigenvalue weighted by molar-refractivity contribution is -0.00892. The van der Waals surface area contributed by atoms with E-state index in [1.165, 1.54) is 17.0 Å². The van der Waals surface area contributed by atoms with Crippen molar-refractivity contribution in [3.8, 4) is 0 Å². The second-order valence-corrected chi connectivity index (χ2v) is 8.70. The van der Waals surface area contributed by atoms with Crippen LogP contribution >= 0.6 is 0 Å². The second-order valence-electron chi connectivity index (χ2n) is 7.13. The van der Waals surface area contributed by atoms with Crippen LogP contribution in [0, 0.1) is 6.92 Å². The van der Waals surface area contributed by atoms with Gasteiger partial charge in [0, 0.05) is 6.54 Å². The number of nitrogens with zero attached hydrogens (tertiary/aromatic N) is 1. The Labute approximate surface area is 148 Å². The highest BCUT2D eigenvalue weighted by atomic mass is 32.2. The Hall–Kier alpha value is -1.67. The summed E-state index contributed by atoms with van der Waals surface area (Å²) in [5.41, 5.74) is 0.235. The maximum Gasteiger partial charge on any atom is 0.410 e. The highest BCUT2D eigenvalue weighted by molar-refractivity contribution is 7.86. The molecule has 0 radical (unpaired) electrons. The molecule has 2 atom stereocenters. The van der Waals surface area contributed by atoms with Gasteiger partial charge in [-0.2, -0.15) is 8.42 Å². The molecule has 1 amide bonds. The van der Waals surface area contributed by atoms with Gasteiger partial charge in [0.25, 0.3) is 10.1 Å². The van der Waals surface area contributed by atoms with Crippen molar-refractivity contribution in [3.63, 3.8) is 0 Å². The van der Waals surface area contributed by atoms with E-state index in [-0.39, 0.29) is 24.4 Å². The maximum absolute atomic E-state index is 14.4. The van der Waals surface area contributed by atoms with Crippen molar-refractivity contribution in [2.45, 2.75) is 56.9 Å². The summed E-state index contributed by atoms with van der Waals surface area (Å²) < 4.78 is 49.2. The minimum Gasteiger partial charge on any atom is -0.444 e. The Morgan fingerprint density at radius 2 is 1.84 bits per heavy atom. The lowest BCUT2D eigenvalue weighted by Crippen LogP contribution is -2.49.